The average Bonchev–Trinajstić information content (AvgIpc) is 2.34. The van der Waals surface area contributed by atoms with Crippen LogP contribution in [-0.2, 0) is 10.2 Å². The molecule has 0 saturated carbocycles. The predicted molar refractivity (Wildman–Crippen MR) is 74.3 cm³/mol. The molecule has 2 rings (SSSR count). The van der Waals surface area contributed by atoms with Gasteiger partial charge in [0.2, 0.25) is 0 Å². The van der Waals surface area contributed by atoms with E-state index in [-0.39, 0.29) is 19.0 Å². The molecule has 1 atom stereocenters. The zero-order valence-corrected chi connectivity index (χ0v) is 12.9. The van der Waals surface area contributed by atoms with Gasteiger partial charge in [-0.25, -0.2) is 0 Å². The Morgan fingerprint density at radius 1 is 1.43 bits per heavy atom. The van der Waals surface area contributed by atoms with Crippen LogP contribution >= 0.6 is 0 Å². The van der Waals surface area contributed by atoms with E-state index < -0.39 is 28.4 Å². The lowest BCUT2D eigenvalue weighted by molar-refractivity contribution is -0.274. The van der Waals surface area contributed by atoms with Gasteiger partial charge in [0.15, 0.2) is 0 Å². The number of alkyl halides is 3. The topological polar surface area (TPSA) is 82.4 Å². The molecule has 0 amide bonds. The summed E-state index contributed by atoms with van der Waals surface area (Å²) in [5, 5.41) is 8.66. The summed E-state index contributed by atoms with van der Waals surface area (Å²) in [5.41, 5.74) is 0.327. The van der Waals surface area contributed by atoms with Crippen LogP contribution in [0.4, 0.5) is 13.2 Å². The largest absolute Gasteiger partial charge is 0.573 e. The molecule has 1 aliphatic heterocycles. The zero-order chi connectivity index (χ0) is 17.3. The maximum absolute atomic E-state index is 12.2. The second-order valence-electron chi connectivity index (χ2n) is 5.11. The standard InChI is InChI=1S/C13H14F3N3O3S/c1-9(18-23(20,21)19-7-10(6-17)8-19)11-3-2-4-12(5-11)22-13(14,15)16/h2-5,9-10,18H,7-8H2,1H3/t9-/m0/s1. The van der Waals surface area contributed by atoms with Crippen LogP contribution in [-0.4, -0.2) is 32.2 Å². The number of nitriles is 1. The number of rotatable bonds is 5. The molecule has 0 bridgehead atoms. The van der Waals surface area contributed by atoms with Crippen molar-refractivity contribution in [2.75, 3.05) is 13.1 Å². The Bertz CT molecular complexity index is 709. The second-order valence-corrected chi connectivity index (χ2v) is 6.81. The summed E-state index contributed by atoms with van der Waals surface area (Å²) in [4.78, 5) is 0. The Balaban J connectivity index is 2.05. The molecule has 1 fully saturated rings. The van der Waals surface area contributed by atoms with E-state index in [0.29, 0.717) is 5.56 Å². The van der Waals surface area contributed by atoms with Gasteiger partial charge in [-0.15, -0.1) is 13.2 Å². The number of halogens is 3. The zero-order valence-electron chi connectivity index (χ0n) is 12.0. The molecule has 0 aliphatic carbocycles. The third-order valence-electron chi connectivity index (χ3n) is 3.29. The molecule has 126 valence electrons. The highest BCUT2D eigenvalue weighted by atomic mass is 32.2. The Labute approximate surface area is 131 Å². The fourth-order valence-electron chi connectivity index (χ4n) is 2.06. The maximum atomic E-state index is 12.2. The molecule has 1 heterocycles. The van der Waals surface area contributed by atoms with Crippen LogP contribution in [0.1, 0.15) is 18.5 Å². The molecule has 1 N–H and O–H groups in total. The first-order valence-corrected chi connectivity index (χ1v) is 8.07. The van der Waals surface area contributed by atoms with Gasteiger partial charge in [0.1, 0.15) is 5.75 Å². The quantitative estimate of drug-likeness (QED) is 0.881. The minimum absolute atomic E-state index is 0.107. The summed E-state index contributed by atoms with van der Waals surface area (Å²) < 4.78 is 68.0. The van der Waals surface area contributed by atoms with Gasteiger partial charge in [-0.3, -0.25) is 0 Å². The van der Waals surface area contributed by atoms with Gasteiger partial charge in [0, 0.05) is 19.1 Å². The first kappa shape index (κ1) is 17.5. The van der Waals surface area contributed by atoms with Gasteiger partial charge in [-0.1, -0.05) is 12.1 Å². The van der Waals surface area contributed by atoms with E-state index in [1.807, 2.05) is 6.07 Å². The Kier molecular flexibility index (Phi) is 4.84. The van der Waals surface area contributed by atoms with Gasteiger partial charge in [0.05, 0.1) is 12.0 Å². The highest BCUT2D eigenvalue weighted by Gasteiger charge is 2.36. The van der Waals surface area contributed by atoms with Crippen molar-refractivity contribution < 1.29 is 26.3 Å². The molecular formula is C13H14F3N3O3S. The van der Waals surface area contributed by atoms with Gasteiger partial charge in [0.25, 0.3) is 10.2 Å². The van der Waals surface area contributed by atoms with Crippen molar-refractivity contribution in [3.63, 3.8) is 0 Å². The fraction of sp³-hybridized carbons (Fsp3) is 0.462. The minimum Gasteiger partial charge on any atom is -0.406 e. The summed E-state index contributed by atoms with van der Waals surface area (Å²) >= 11 is 0. The highest BCUT2D eigenvalue weighted by Crippen LogP contribution is 2.26. The van der Waals surface area contributed by atoms with Crippen LogP contribution in [0, 0.1) is 17.2 Å². The van der Waals surface area contributed by atoms with Gasteiger partial charge in [-0.2, -0.15) is 22.7 Å². The number of nitrogens with zero attached hydrogens (tertiary/aromatic N) is 2. The normalized spacial score (nSPS) is 18.0. The molecule has 1 aliphatic rings. The molecule has 1 aromatic rings. The van der Waals surface area contributed by atoms with E-state index in [9.17, 15) is 21.6 Å². The first-order valence-electron chi connectivity index (χ1n) is 6.63. The number of hydrogen-bond acceptors (Lipinski definition) is 4. The van der Waals surface area contributed by atoms with E-state index in [4.69, 9.17) is 5.26 Å². The lowest BCUT2D eigenvalue weighted by Gasteiger charge is -2.34. The lowest BCUT2D eigenvalue weighted by atomic mass is 10.1. The highest BCUT2D eigenvalue weighted by molar-refractivity contribution is 7.87. The molecule has 1 aromatic carbocycles. The van der Waals surface area contributed by atoms with Crippen LogP contribution in [0.2, 0.25) is 0 Å². The van der Waals surface area contributed by atoms with Crippen molar-refractivity contribution in [3.8, 4) is 11.8 Å². The first-order chi connectivity index (χ1) is 10.6. The van der Waals surface area contributed by atoms with Crippen molar-refractivity contribution >= 4 is 10.2 Å². The van der Waals surface area contributed by atoms with Crippen molar-refractivity contribution in [1.29, 1.82) is 5.26 Å². The van der Waals surface area contributed by atoms with E-state index in [1.165, 1.54) is 19.1 Å². The molecule has 6 nitrogen and oxygen atoms in total. The Hall–Kier alpha value is -1.83. The molecule has 10 heteroatoms. The van der Waals surface area contributed by atoms with Gasteiger partial charge < -0.3 is 4.74 Å². The SMILES string of the molecule is C[C@H](NS(=O)(=O)N1CC(C#N)C1)c1cccc(OC(F)(F)F)c1. The van der Waals surface area contributed by atoms with Crippen molar-refractivity contribution in [3.05, 3.63) is 29.8 Å². The molecule has 0 unspecified atom stereocenters. The molecule has 1 saturated heterocycles. The van der Waals surface area contributed by atoms with Gasteiger partial charge in [-0.05, 0) is 24.6 Å². The number of benzene rings is 1. The Morgan fingerprint density at radius 2 is 2.09 bits per heavy atom. The number of nitrogens with one attached hydrogen (secondary N) is 1. The van der Waals surface area contributed by atoms with E-state index in [0.717, 1.165) is 16.4 Å². The third-order valence-corrected chi connectivity index (χ3v) is 4.92. The van der Waals surface area contributed by atoms with Crippen molar-refractivity contribution in [1.82, 2.24) is 9.03 Å². The molecular weight excluding hydrogens is 335 g/mol. The van der Waals surface area contributed by atoms with Crippen molar-refractivity contribution in [2.24, 2.45) is 5.92 Å². The summed E-state index contributed by atoms with van der Waals surface area (Å²) in [6.45, 7) is 1.72. The van der Waals surface area contributed by atoms with E-state index >= 15 is 0 Å². The fourth-order valence-corrected chi connectivity index (χ4v) is 3.55. The number of hydrogen-bond donors (Lipinski definition) is 1. The van der Waals surface area contributed by atoms with Crippen LogP contribution in [0.5, 0.6) is 5.75 Å². The lowest BCUT2D eigenvalue weighted by Crippen LogP contribution is -2.53. The van der Waals surface area contributed by atoms with Crippen LogP contribution in [0.25, 0.3) is 0 Å². The predicted octanol–water partition coefficient (Wildman–Crippen LogP) is 1.94. The summed E-state index contributed by atoms with van der Waals surface area (Å²) in [6.07, 6.45) is -4.81. The van der Waals surface area contributed by atoms with E-state index in [1.54, 1.807) is 0 Å². The maximum Gasteiger partial charge on any atom is 0.573 e. The van der Waals surface area contributed by atoms with Crippen LogP contribution in [0.3, 0.4) is 0 Å². The second kappa shape index (κ2) is 6.35. The Morgan fingerprint density at radius 3 is 2.65 bits per heavy atom. The van der Waals surface area contributed by atoms with E-state index in [2.05, 4.69) is 9.46 Å². The average molecular weight is 349 g/mol. The molecule has 0 aromatic heterocycles. The summed E-state index contributed by atoms with van der Waals surface area (Å²) in [5.74, 6) is -0.750. The number of ether oxygens (including phenoxy) is 1. The van der Waals surface area contributed by atoms with Crippen molar-refractivity contribution in [2.45, 2.75) is 19.3 Å². The molecule has 0 radical (unpaired) electrons. The smallest absolute Gasteiger partial charge is 0.406 e. The summed E-state index contributed by atoms with van der Waals surface area (Å²) in [6, 6.07) is 6.29. The third kappa shape index (κ3) is 4.57. The molecule has 23 heavy (non-hydrogen) atoms. The summed E-state index contributed by atoms with van der Waals surface area (Å²) in [7, 11) is -3.79. The van der Waals surface area contributed by atoms with Gasteiger partial charge >= 0.3 is 6.36 Å². The minimum atomic E-state index is -4.81. The van der Waals surface area contributed by atoms with Crippen LogP contribution < -0.4 is 9.46 Å². The monoisotopic (exact) mass is 349 g/mol. The van der Waals surface area contributed by atoms with Crippen LogP contribution in [0.15, 0.2) is 24.3 Å². The molecule has 0 spiro atoms.